The predicted molar refractivity (Wildman–Crippen MR) is 92.5 cm³/mol. The van der Waals surface area contributed by atoms with Crippen LogP contribution in [0.15, 0.2) is 25.6 Å². The first kappa shape index (κ1) is 18.6. The van der Waals surface area contributed by atoms with Crippen LogP contribution in [0.1, 0.15) is 13.3 Å². The molecule has 0 heterocycles. The van der Waals surface area contributed by atoms with Crippen molar-refractivity contribution in [3.63, 3.8) is 0 Å². The summed E-state index contributed by atoms with van der Waals surface area (Å²) in [5, 5.41) is 11.6. The minimum atomic E-state index is -0.942. The van der Waals surface area contributed by atoms with Crippen molar-refractivity contribution in [3.05, 3.63) is 25.6 Å². The Kier molecular flexibility index (Phi) is 7.86. The highest BCUT2D eigenvalue weighted by Gasteiger charge is 2.15. The molecule has 1 aromatic rings. The van der Waals surface area contributed by atoms with Crippen LogP contribution in [0, 0.1) is 0 Å². The minimum absolute atomic E-state index is 0.0368. The molecule has 21 heavy (non-hydrogen) atoms. The van der Waals surface area contributed by atoms with Crippen LogP contribution in [0.3, 0.4) is 0 Å². The van der Waals surface area contributed by atoms with Gasteiger partial charge < -0.3 is 10.4 Å². The Labute approximate surface area is 148 Å². The Morgan fingerprint density at radius 2 is 1.76 bits per heavy atom. The number of carbonyl (C=O) groups is 2. The number of carbonyl (C=O) groups excluding carboxylic acids is 1. The Morgan fingerprint density at radius 1 is 1.19 bits per heavy atom. The third kappa shape index (κ3) is 6.46. The molecule has 0 aromatic heterocycles. The van der Waals surface area contributed by atoms with E-state index in [2.05, 4.69) is 53.1 Å². The van der Waals surface area contributed by atoms with Crippen LogP contribution in [0.25, 0.3) is 0 Å². The van der Waals surface area contributed by atoms with E-state index in [4.69, 9.17) is 5.11 Å². The highest BCUT2D eigenvalue weighted by atomic mass is 79.9. The third-order valence-electron chi connectivity index (χ3n) is 2.54. The number of amides is 1. The summed E-state index contributed by atoms with van der Waals surface area (Å²) < 4.78 is 2.34. The standard InChI is InChI=1S/C13H15Br3N2O3/c1-2-3-18(7-12(20)21)6-11(19)17-13-9(15)4-8(14)5-10(13)16/h4-5H,2-3,6-7H2,1H3,(H,17,19)(H,20,21). The molecule has 1 rings (SSSR count). The fourth-order valence-electron chi connectivity index (χ4n) is 1.77. The zero-order chi connectivity index (χ0) is 16.0. The van der Waals surface area contributed by atoms with Crippen molar-refractivity contribution >= 4 is 65.4 Å². The molecule has 0 spiro atoms. The Balaban J connectivity index is 2.74. The molecular formula is C13H15Br3N2O3. The first-order valence-corrected chi connectivity index (χ1v) is 8.60. The number of aliphatic carboxylic acids is 1. The predicted octanol–water partition coefficient (Wildman–Crippen LogP) is 3.71. The van der Waals surface area contributed by atoms with Gasteiger partial charge in [0.2, 0.25) is 5.91 Å². The maximum Gasteiger partial charge on any atom is 0.317 e. The van der Waals surface area contributed by atoms with Crippen molar-refractivity contribution in [2.24, 2.45) is 0 Å². The molecule has 0 atom stereocenters. The molecule has 0 saturated heterocycles. The number of halogens is 3. The van der Waals surface area contributed by atoms with Crippen LogP contribution in [-0.4, -0.2) is 41.5 Å². The van der Waals surface area contributed by atoms with E-state index in [1.807, 2.05) is 19.1 Å². The fraction of sp³-hybridized carbons (Fsp3) is 0.385. The molecular weight excluding hydrogens is 472 g/mol. The van der Waals surface area contributed by atoms with Crippen molar-refractivity contribution < 1.29 is 14.7 Å². The molecule has 116 valence electrons. The van der Waals surface area contributed by atoms with Gasteiger partial charge in [0.1, 0.15) is 0 Å². The second kappa shape index (κ2) is 8.87. The number of anilines is 1. The number of carboxylic acid groups (broad SMARTS) is 1. The summed E-state index contributed by atoms with van der Waals surface area (Å²) in [5.74, 6) is -1.20. The third-order valence-corrected chi connectivity index (χ3v) is 4.25. The molecule has 5 nitrogen and oxygen atoms in total. The lowest BCUT2D eigenvalue weighted by Gasteiger charge is -2.19. The second-order valence-electron chi connectivity index (χ2n) is 4.40. The monoisotopic (exact) mass is 484 g/mol. The number of nitrogens with zero attached hydrogens (tertiary/aromatic N) is 1. The Bertz CT molecular complexity index is 514. The van der Waals surface area contributed by atoms with Crippen molar-refractivity contribution in [2.45, 2.75) is 13.3 Å². The van der Waals surface area contributed by atoms with E-state index in [9.17, 15) is 9.59 Å². The van der Waals surface area contributed by atoms with E-state index in [-0.39, 0.29) is 19.0 Å². The number of nitrogens with one attached hydrogen (secondary N) is 1. The summed E-state index contributed by atoms with van der Waals surface area (Å²) in [7, 11) is 0. The van der Waals surface area contributed by atoms with Gasteiger partial charge >= 0.3 is 5.97 Å². The molecule has 0 radical (unpaired) electrons. The van der Waals surface area contributed by atoms with Gasteiger partial charge in [-0.3, -0.25) is 14.5 Å². The summed E-state index contributed by atoms with van der Waals surface area (Å²) in [5.41, 5.74) is 0.620. The molecule has 0 aliphatic heterocycles. The molecule has 2 N–H and O–H groups in total. The number of rotatable bonds is 7. The van der Waals surface area contributed by atoms with Gasteiger partial charge in [-0.15, -0.1) is 0 Å². The zero-order valence-electron chi connectivity index (χ0n) is 11.3. The summed E-state index contributed by atoms with van der Waals surface area (Å²) in [6, 6.07) is 3.64. The lowest BCUT2D eigenvalue weighted by atomic mass is 10.3. The van der Waals surface area contributed by atoms with Crippen molar-refractivity contribution in [1.82, 2.24) is 4.90 Å². The van der Waals surface area contributed by atoms with Crippen LogP contribution in [0.5, 0.6) is 0 Å². The van der Waals surface area contributed by atoms with Crippen LogP contribution in [-0.2, 0) is 9.59 Å². The fourth-order valence-corrected chi connectivity index (χ4v) is 4.22. The van der Waals surface area contributed by atoms with Gasteiger partial charge in [0, 0.05) is 13.4 Å². The van der Waals surface area contributed by atoms with Gasteiger partial charge in [0.15, 0.2) is 0 Å². The van der Waals surface area contributed by atoms with E-state index in [0.717, 1.165) is 19.8 Å². The van der Waals surface area contributed by atoms with Gasteiger partial charge in [0.25, 0.3) is 0 Å². The topological polar surface area (TPSA) is 69.6 Å². The lowest BCUT2D eigenvalue weighted by molar-refractivity contribution is -0.138. The number of hydrogen-bond donors (Lipinski definition) is 2. The first-order chi connectivity index (χ1) is 9.83. The van der Waals surface area contributed by atoms with Crippen molar-refractivity contribution in [3.8, 4) is 0 Å². The molecule has 1 amide bonds. The maximum absolute atomic E-state index is 12.1. The Morgan fingerprint density at radius 3 is 2.24 bits per heavy atom. The smallest absolute Gasteiger partial charge is 0.317 e. The quantitative estimate of drug-likeness (QED) is 0.616. The van der Waals surface area contributed by atoms with Gasteiger partial charge in [0.05, 0.1) is 18.8 Å². The normalized spacial score (nSPS) is 10.7. The largest absolute Gasteiger partial charge is 0.480 e. The first-order valence-electron chi connectivity index (χ1n) is 6.22. The van der Waals surface area contributed by atoms with E-state index in [1.165, 1.54) is 0 Å². The summed E-state index contributed by atoms with van der Waals surface area (Å²) in [4.78, 5) is 24.4. The zero-order valence-corrected chi connectivity index (χ0v) is 16.1. The molecule has 1 aromatic carbocycles. The minimum Gasteiger partial charge on any atom is -0.480 e. The number of carboxylic acids is 1. The van der Waals surface area contributed by atoms with Gasteiger partial charge in [-0.1, -0.05) is 22.9 Å². The van der Waals surface area contributed by atoms with Crippen LogP contribution in [0.4, 0.5) is 5.69 Å². The second-order valence-corrected chi connectivity index (χ2v) is 7.02. The summed E-state index contributed by atoms with van der Waals surface area (Å²) >= 11 is 10.1. The summed E-state index contributed by atoms with van der Waals surface area (Å²) in [6.07, 6.45) is 0.784. The van der Waals surface area contributed by atoms with Crippen molar-refractivity contribution in [2.75, 3.05) is 25.0 Å². The molecule has 0 fully saturated rings. The van der Waals surface area contributed by atoms with Gasteiger partial charge in [-0.05, 0) is 57.0 Å². The Hall–Kier alpha value is -0.440. The van der Waals surface area contributed by atoms with E-state index in [1.54, 1.807) is 4.90 Å². The van der Waals surface area contributed by atoms with E-state index in [0.29, 0.717) is 12.2 Å². The SMILES string of the molecule is CCCN(CC(=O)O)CC(=O)Nc1c(Br)cc(Br)cc1Br. The number of hydrogen-bond acceptors (Lipinski definition) is 3. The average molecular weight is 487 g/mol. The molecule has 0 unspecified atom stereocenters. The highest BCUT2D eigenvalue weighted by Crippen LogP contribution is 2.34. The molecule has 8 heteroatoms. The lowest BCUT2D eigenvalue weighted by Crippen LogP contribution is -2.37. The molecule has 0 bridgehead atoms. The van der Waals surface area contributed by atoms with Crippen LogP contribution < -0.4 is 5.32 Å². The van der Waals surface area contributed by atoms with Crippen LogP contribution >= 0.6 is 47.8 Å². The number of benzene rings is 1. The maximum atomic E-state index is 12.1. The van der Waals surface area contributed by atoms with E-state index >= 15 is 0 Å². The van der Waals surface area contributed by atoms with Crippen LogP contribution in [0.2, 0.25) is 0 Å². The average Bonchev–Trinajstić information content (AvgIpc) is 2.33. The van der Waals surface area contributed by atoms with Crippen molar-refractivity contribution in [1.29, 1.82) is 0 Å². The molecule has 0 aliphatic carbocycles. The highest BCUT2D eigenvalue weighted by molar-refractivity contribution is 9.11. The van der Waals surface area contributed by atoms with E-state index < -0.39 is 5.97 Å². The van der Waals surface area contributed by atoms with Gasteiger partial charge in [-0.2, -0.15) is 0 Å². The molecule has 0 aliphatic rings. The summed E-state index contributed by atoms with van der Waals surface area (Å²) in [6.45, 7) is 2.38. The molecule has 0 saturated carbocycles. The van der Waals surface area contributed by atoms with Gasteiger partial charge in [-0.25, -0.2) is 0 Å².